The maximum absolute atomic E-state index is 13.6. The van der Waals surface area contributed by atoms with Gasteiger partial charge >= 0.3 is 5.97 Å². The zero-order valence-corrected chi connectivity index (χ0v) is 20.8. The van der Waals surface area contributed by atoms with E-state index in [1.807, 2.05) is 30.3 Å². The van der Waals surface area contributed by atoms with Gasteiger partial charge < -0.3 is 21.9 Å². The molecule has 0 bridgehead atoms. The van der Waals surface area contributed by atoms with Gasteiger partial charge in [-0.15, -0.1) is 5.10 Å². The van der Waals surface area contributed by atoms with E-state index < -0.39 is 24.3 Å². The van der Waals surface area contributed by atoms with Gasteiger partial charge in [0, 0.05) is 11.3 Å². The van der Waals surface area contributed by atoms with E-state index in [1.165, 1.54) is 12.1 Å². The molecule has 9 nitrogen and oxygen atoms in total. The lowest BCUT2D eigenvalue weighted by atomic mass is 9.96. The summed E-state index contributed by atoms with van der Waals surface area (Å²) >= 11 is 0. The minimum Gasteiger partial charge on any atom is -0.481 e. The number of benzene rings is 4. The largest absolute Gasteiger partial charge is 0.481 e. The van der Waals surface area contributed by atoms with Crippen molar-refractivity contribution in [2.24, 2.45) is 5.73 Å². The van der Waals surface area contributed by atoms with Crippen LogP contribution >= 0.6 is 0 Å². The fourth-order valence-electron chi connectivity index (χ4n) is 4.61. The zero-order valence-electron chi connectivity index (χ0n) is 20.8. The Morgan fingerprint density at radius 2 is 1.82 bits per heavy atom. The molecule has 5 rings (SSSR count). The summed E-state index contributed by atoms with van der Waals surface area (Å²) in [7, 11) is 0. The van der Waals surface area contributed by atoms with Gasteiger partial charge in [0.15, 0.2) is 5.82 Å². The molecule has 1 heterocycles. The number of aryl methyl sites for hydroxylation is 1. The second kappa shape index (κ2) is 9.99. The first kappa shape index (κ1) is 25.6. The Labute approximate surface area is 221 Å². The number of nitrogens with one attached hydrogen (secondary N) is 1. The first-order valence-electron chi connectivity index (χ1n) is 12.0. The quantitative estimate of drug-likeness (QED) is 0.253. The van der Waals surface area contributed by atoms with E-state index in [0.29, 0.717) is 38.7 Å². The van der Waals surface area contributed by atoms with Gasteiger partial charge in [0.25, 0.3) is 11.8 Å². The number of anilines is 2. The zero-order chi connectivity index (χ0) is 27.8. The molecule has 196 valence electrons. The average Bonchev–Trinajstić information content (AvgIpc) is 3.25. The van der Waals surface area contributed by atoms with Crippen LogP contribution in [0.2, 0.25) is 0 Å². The molecule has 1 amide bonds. The molecule has 4 aromatic carbocycles. The first-order chi connectivity index (χ1) is 18.6. The van der Waals surface area contributed by atoms with Crippen LogP contribution in [0.4, 0.5) is 15.9 Å². The van der Waals surface area contributed by atoms with Gasteiger partial charge in [-0.25, -0.2) is 4.39 Å². The number of carbonyl (C=O) groups is 3. The van der Waals surface area contributed by atoms with Crippen LogP contribution in [0.3, 0.4) is 0 Å². The van der Waals surface area contributed by atoms with Gasteiger partial charge in [0.05, 0.1) is 23.4 Å². The number of carboxylic acid groups (broad SMARTS) is 1. The fraction of sp³-hybridized carbons (Fsp3) is 0.103. The monoisotopic (exact) mass is 525 g/mol. The molecule has 5 aromatic rings. The lowest BCUT2D eigenvalue weighted by Crippen LogP contribution is -2.37. The van der Waals surface area contributed by atoms with Crippen molar-refractivity contribution in [1.82, 2.24) is 9.78 Å². The predicted molar refractivity (Wildman–Crippen MR) is 147 cm³/mol. The summed E-state index contributed by atoms with van der Waals surface area (Å²) in [6.45, 7) is 1.63. The number of amides is 1. The molecule has 0 spiro atoms. The van der Waals surface area contributed by atoms with E-state index in [-0.39, 0.29) is 17.5 Å². The molecule has 39 heavy (non-hydrogen) atoms. The molecule has 0 radical (unpaired) electrons. The van der Waals surface area contributed by atoms with E-state index in [1.54, 1.807) is 37.3 Å². The van der Waals surface area contributed by atoms with Crippen LogP contribution in [0.25, 0.3) is 32.8 Å². The fourth-order valence-corrected chi connectivity index (χ4v) is 4.61. The number of carboxylic acids is 1. The molecule has 1 unspecified atom stereocenters. The highest BCUT2D eigenvalue weighted by Crippen LogP contribution is 2.35. The van der Waals surface area contributed by atoms with Gasteiger partial charge in [-0.2, -0.15) is 4.68 Å². The molecule has 0 saturated carbocycles. The molecule has 0 aliphatic heterocycles. The summed E-state index contributed by atoms with van der Waals surface area (Å²) in [6, 6.07) is 19.3. The smallest absolute Gasteiger partial charge is 0.305 e. The summed E-state index contributed by atoms with van der Waals surface area (Å²) in [4.78, 5) is 36.9. The standard InChI is InChI=1S/C29H24FN5O4/c1-15-12-18(9-11-22(15)30)33-28(38)21-6-2-4-16-13-17(8-10-19(16)21)20-5-3-7-24-26(20)27(32)34-35(24)29(39)23(31)14-25(36)37/h2-13,23H,14,31H2,1H3,(H2,32,34)(H,33,38)(H,36,37). The molecule has 0 fully saturated rings. The maximum Gasteiger partial charge on any atom is 0.305 e. The Kier molecular flexibility index (Phi) is 6.55. The summed E-state index contributed by atoms with van der Waals surface area (Å²) in [5.74, 6) is -2.46. The molecule has 6 N–H and O–H groups in total. The van der Waals surface area contributed by atoms with Gasteiger partial charge in [-0.1, -0.05) is 36.4 Å². The van der Waals surface area contributed by atoms with Gasteiger partial charge in [0.2, 0.25) is 0 Å². The van der Waals surface area contributed by atoms with Crippen molar-refractivity contribution in [3.63, 3.8) is 0 Å². The molecule has 1 atom stereocenters. The summed E-state index contributed by atoms with van der Waals surface area (Å²) in [5.41, 5.74) is 15.2. The Balaban J connectivity index is 1.52. The minimum atomic E-state index is -1.28. The summed E-state index contributed by atoms with van der Waals surface area (Å²) in [5, 5.41) is 18.0. The van der Waals surface area contributed by atoms with Gasteiger partial charge in [-0.3, -0.25) is 14.4 Å². The molecule has 1 aromatic heterocycles. The number of aliphatic carboxylic acids is 1. The number of hydrogen-bond donors (Lipinski definition) is 4. The lowest BCUT2D eigenvalue weighted by molar-refractivity contribution is -0.137. The number of hydrogen-bond acceptors (Lipinski definition) is 6. The normalized spacial score (nSPS) is 12.0. The van der Waals surface area contributed by atoms with Crippen molar-refractivity contribution in [3.05, 3.63) is 89.7 Å². The number of nitrogens with zero attached hydrogens (tertiary/aromatic N) is 2. The van der Waals surface area contributed by atoms with Crippen LogP contribution in [0, 0.1) is 12.7 Å². The third-order valence-electron chi connectivity index (χ3n) is 6.51. The van der Waals surface area contributed by atoms with Crippen LogP contribution < -0.4 is 16.8 Å². The second-order valence-corrected chi connectivity index (χ2v) is 9.20. The molecule has 0 saturated heterocycles. The SMILES string of the molecule is Cc1cc(NC(=O)c2cccc3cc(-c4cccc5c4c(N)nn5C(=O)C(N)CC(=O)O)ccc23)ccc1F. The highest BCUT2D eigenvalue weighted by atomic mass is 19.1. The van der Waals surface area contributed by atoms with Crippen molar-refractivity contribution in [2.75, 3.05) is 11.1 Å². The Hall–Kier alpha value is -5.09. The molecule has 0 aliphatic rings. The van der Waals surface area contributed by atoms with Crippen molar-refractivity contribution < 1.29 is 23.9 Å². The van der Waals surface area contributed by atoms with E-state index >= 15 is 0 Å². The Bertz CT molecular complexity index is 1800. The van der Waals surface area contributed by atoms with Crippen molar-refractivity contribution >= 4 is 51.0 Å². The Morgan fingerprint density at radius 1 is 1.05 bits per heavy atom. The van der Waals surface area contributed by atoms with Crippen molar-refractivity contribution in [2.45, 2.75) is 19.4 Å². The summed E-state index contributed by atoms with van der Waals surface area (Å²) in [6.07, 6.45) is -0.541. The third kappa shape index (κ3) is 4.80. The predicted octanol–water partition coefficient (Wildman–Crippen LogP) is 4.58. The van der Waals surface area contributed by atoms with Crippen LogP contribution in [-0.4, -0.2) is 38.7 Å². The number of nitrogens with two attached hydrogens (primary N) is 2. The van der Waals surface area contributed by atoms with Gasteiger partial charge in [-0.05, 0) is 70.8 Å². The number of fused-ring (bicyclic) bond motifs is 2. The van der Waals surface area contributed by atoms with Crippen molar-refractivity contribution in [3.8, 4) is 11.1 Å². The second-order valence-electron chi connectivity index (χ2n) is 9.20. The highest BCUT2D eigenvalue weighted by Gasteiger charge is 2.24. The van der Waals surface area contributed by atoms with E-state index in [4.69, 9.17) is 16.6 Å². The highest BCUT2D eigenvalue weighted by molar-refractivity contribution is 6.14. The van der Waals surface area contributed by atoms with Crippen LogP contribution in [-0.2, 0) is 4.79 Å². The molecular weight excluding hydrogens is 501 g/mol. The molecule has 0 aliphatic carbocycles. The lowest BCUT2D eigenvalue weighted by Gasteiger charge is -2.11. The Morgan fingerprint density at radius 3 is 2.56 bits per heavy atom. The molecule has 10 heteroatoms. The topological polar surface area (TPSA) is 153 Å². The molecular formula is C29H24FN5O4. The van der Waals surface area contributed by atoms with E-state index in [0.717, 1.165) is 15.6 Å². The number of carbonyl (C=O) groups excluding carboxylic acids is 2. The van der Waals surface area contributed by atoms with E-state index in [9.17, 15) is 18.8 Å². The van der Waals surface area contributed by atoms with Crippen LogP contribution in [0.5, 0.6) is 0 Å². The third-order valence-corrected chi connectivity index (χ3v) is 6.51. The minimum absolute atomic E-state index is 0.0966. The average molecular weight is 526 g/mol. The van der Waals surface area contributed by atoms with Crippen LogP contribution in [0.1, 0.15) is 27.1 Å². The summed E-state index contributed by atoms with van der Waals surface area (Å²) < 4.78 is 14.7. The van der Waals surface area contributed by atoms with Gasteiger partial charge in [0.1, 0.15) is 5.82 Å². The number of nitrogen functional groups attached to an aromatic ring is 1. The number of aromatic nitrogens is 2. The number of rotatable bonds is 6. The number of halogens is 1. The van der Waals surface area contributed by atoms with Crippen molar-refractivity contribution in [1.29, 1.82) is 0 Å². The van der Waals surface area contributed by atoms with E-state index in [2.05, 4.69) is 10.4 Å². The maximum atomic E-state index is 13.6. The first-order valence-corrected chi connectivity index (χ1v) is 12.0. The van der Waals surface area contributed by atoms with Crippen LogP contribution in [0.15, 0.2) is 72.8 Å².